The van der Waals surface area contributed by atoms with Gasteiger partial charge >= 0.3 is 5.97 Å². The molecule has 2 rings (SSSR count). The van der Waals surface area contributed by atoms with E-state index < -0.39 is 5.97 Å². The van der Waals surface area contributed by atoms with Crippen LogP contribution in [0, 0.1) is 11.3 Å². The van der Waals surface area contributed by atoms with E-state index in [2.05, 4.69) is 0 Å². The molecule has 4 nitrogen and oxygen atoms in total. The average molecular weight is 336 g/mol. The van der Waals surface area contributed by atoms with Crippen LogP contribution in [0.15, 0.2) is 40.3 Å². The van der Waals surface area contributed by atoms with Crippen molar-refractivity contribution in [3.8, 4) is 17.4 Å². The van der Waals surface area contributed by atoms with Crippen LogP contribution in [0.2, 0.25) is 10.0 Å². The molecule has 22 heavy (non-hydrogen) atoms. The Hall–Kier alpha value is -2.22. The van der Waals surface area contributed by atoms with E-state index in [1.54, 1.807) is 43.3 Å². The minimum absolute atomic E-state index is 0.128. The monoisotopic (exact) mass is 335 g/mol. The van der Waals surface area contributed by atoms with Gasteiger partial charge in [-0.05, 0) is 37.3 Å². The lowest BCUT2D eigenvalue weighted by atomic mass is 10.2. The first-order valence-electron chi connectivity index (χ1n) is 6.39. The van der Waals surface area contributed by atoms with Gasteiger partial charge in [0.2, 0.25) is 0 Å². The van der Waals surface area contributed by atoms with E-state index in [-0.39, 0.29) is 12.2 Å². The number of carbonyl (C=O) groups excluding carboxylic acids is 1. The van der Waals surface area contributed by atoms with Gasteiger partial charge in [0.1, 0.15) is 23.2 Å². The standard InChI is InChI=1S/C16H11Cl2NO3/c1-2-21-16(20)11(9-19)7-12-4-6-15(22-12)10-3-5-13(17)14(18)8-10/h3-8H,2H2,1H3/b11-7+. The van der Waals surface area contributed by atoms with E-state index in [1.807, 2.05) is 0 Å². The van der Waals surface area contributed by atoms with E-state index in [0.29, 0.717) is 21.6 Å². The lowest BCUT2D eigenvalue weighted by Crippen LogP contribution is -2.05. The van der Waals surface area contributed by atoms with Crippen LogP contribution in [0.1, 0.15) is 12.7 Å². The third kappa shape index (κ3) is 3.70. The van der Waals surface area contributed by atoms with Crippen molar-refractivity contribution in [3.63, 3.8) is 0 Å². The summed E-state index contributed by atoms with van der Waals surface area (Å²) in [5, 5.41) is 9.85. The van der Waals surface area contributed by atoms with Crippen LogP contribution in [0.25, 0.3) is 17.4 Å². The molecule has 0 bridgehead atoms. The second kappa shape index (κ2) is 7.17. The fourth-order valence-electron chi connectivity index (χ4n) is 1.72. The van der Waals surface area contributed by atoms with Gasteiger partial charge in [-0.2, -0.15) is 5.26 Å². The van der Waals surface area contributed by atoms with Crippen LogP contribution >= 0.6 is 23.2 Å². The first-order chi connectivity index (χ1) is 10.5. The third-order valence-electron chi connectivity index (χ3n) is 2.73. The Balaban J connectivity index is 2.29. The van der Waals surface area contributed by atoms with Gasteiger partial charge in [0.25, 0.3) is 0 Å². The van der Waals surface area contributed by atoms with Crippen molar-refractivity contribution in [2.45, 2.75) is 6.92 Å². The Morgan fingerprint density at radius 2 is 2.09 bits per heavy atom. The molecule has 2 aromatic rings. The molecule has 0 amide bonds. The fourth-order valence-corrected chi connectivity index (χ4v) is 2.02. The predicted molar refractivity (Wildman–Crippen MR) is 84.4 cm³/mol. The quantitative estimate of drug-likeness (QED) is 0.460. The summed E-state index contributed by atoms with van der Waals surface area (Å²) in [6.45, 7) is 1.87. The molecule has 1 aromatic heterocycles. The van der Waals surface area contributed by atoms with E-state index in [4.69, 9.17) is 37.6 Å². The Labute approximate surface area is 137 Å². The maximum Gasteiger partial charge on any atom is 0.349 e. The molecule has 0 unspecified atom stereocenters. The van der Waals surface area contributed by atoms with Crippen molar-refractivity contribution < 1.29 is 13.9 Å². The molecule has 1 heterocycles. The van der Waals surface area contributed by atoms with Crippen molar-refractivity contribution in [1.82, 2.24) is 0 Å². The first-order valence-corrected chi connectivity index (χ1v) is 7.15. The molecule has 0 aliphatic rings. The molecule has 0 atom stereocenters. The van der Waals surface area contributed by atoms with Gasteiger partial charge in [0, 0.05) is 11.6 Å². The van der Waals surface area contributed by atoms with Crippen LogP contribution in [-0.2, 0) is 9.53 Å². The zero-order chi connectivity index (χ0) is 16.1. The van der Waals surface area contributed by atoms with Crippen molar-refractivity contribution in [1.29, 1.82) is 5.26 Å². The summed E-state index contributed by atoms with van der Waals surface area (Å²) in [7, 11) is 0. The average Bonchev–Trinajstić information content (AvgIpc) is 2.96. The lowest BCUT2D eigenvalue weighted by molar-refractivity contribution is -0.137. The summed E-state index contributed by atoms with van der Waals surface area (Å²) in [6.07, 6.45) is 1.33. The second-order valence-electron chi connectivity index (χ2n) is 4.22. The van der Waals surface area contributed by atoms with Crippen LogP contribution in [0.3, 0.4) is 0 Å². The molecule has 1 aromatic carbocycles. The number of hydrogen-bond donors (Lipinski definition) is 0. The number of carbonyl (C=O) groups is 1. The van der Waals surface area contributed by atoms with Gasteiger partial charge < -0.3 is 9.15 Å². The van der Waals surface area contributed by atoms with Crippen molar-refractivity contribution >= 4 is 35.2 Å². The molecule has 0 N–H and O–H groups in total. The first kappa shape index (κ1) is 16.2. The highest BCUT2D eigenvalue weighted by molar-refractivity contribution is 6.42. The summed E-state index contributed by atoms with van der Waals surface area (Å²) < 4.78 is 10.4. The van der Waals surface area contributed by atoms with Crippen molar-refractivity contribution in [2.24, 2.45) is 0 Å². The smallest absolute Gasteiger partial charge is 0.349 e. The molecule has 0 saturated heterocycles. The number of benzene rings is 1. The molecule has 0 aliphatic heterocycles. The molecule has 0 fully saturated rings. The normalized spacial score (nSPS) is 11.1. The zero-order valence-corrected chi connectivity index (χ0v) is 13.1. The maximum atomic E-state index is 11.6. The van der Waals surface area contributed by atoms with Gasteiger partial charge in [0.05, 0.1) is 16.7 Å². The molecule has 0 radical (unpaired) electrons. The van der Waals surface area contributed by atoms with Gasteiger partial charge in [-0.1, -0.05) is 23.2 Å². The number of rotatable bonds is 4. The van der Waals surface area contributed by atoms with Crippen LogP contribution in [0.5, 0.6) is 0 Å². The third-order valence-corrected chi connectivity index (χ3v) is 3.47. The van der Waals surface area contributed by atoms with Gasteiger partial charge in [-0.25, -0.2) is 4.79 Å². The van der Waals surface area contributed by atoms with E-state index >= 15 is 0 Å². The Kier molecular flexibility index (Phi) is 5.26. The number of nitrogens with zero attached hydrogens (tertiary/aromatic N) is 1. The van der Waals surface area contributed by atoms with Crippen LogP contribution in [-0.4, -0.2) is 12.6 Å². The number of hydrogen-bond acceptors (Lipinski definition) is 4. The summed E-state index contributed by atoms with van der Waals surface area (Å²) in [5.41, 5.74) is 0.612. The summed E-state index contributed by atoms with van der Waals surface area (Å²) in [4.78, 5) is 11.6. The zero-order valence-electron chi connectivity index (χ0n) is 11.6. The molecule has 0 saturated carbocycles. The topological polar surface area (TPSA) is 63.2 Å². The molecular formula is C16H11Cl2NO3. The lowest BCUT2D eigenvalue weighted by Gasteiger charge is -2.00. The maximum absolute atomic E-state index is 11.6. The number of furan rings is 1. The molecule has 0 spiro atoms. The summed E-state index contributed by atoms with van der Waals surface area (Å²) in [6, 6.07) is 10.2. The van der Waals surface area contributed by atoms with Gasteiger partial charge in [0.15, 0.2) is 0 Å². The summed E-state index contributed by atoms with van der Waals surface area (Å²) in [5.74, 6) is 0.231. The fraction of sp³-hybridized carbons (Fsp3) is 0.125. The molecule has 0 aliphatic carbocycles. The number of ether oxygens (including phenoxy) is 1. The highest BCUT2D eigenvalue weighted by Crippen LogP contribution is 2.30. The largest absolute Gasteiger partial charge is 0.462 e. The molecular weight excluding hydrogens is 325 g/mol. The number of nitriles is 1. The van der Waals surface area contributed by atoms with Crippen molar-refractivity contribution in [2.75, 3.05) is 6.61 Å². The minimum Gasteiger partial charge on any atom is -0.462 e. The van der Waals surface area contributed by atoms with E-state index in [1.165, 1.54) is 6.08 Å². The summed E-state index contributed by atoms with van der Waals surface area (Å²) >= 11 is 11.8. The van der Waals surface area contributed by atoms with Crippen LogP contribution in [0.4, 0.5) is 0 Å². The van der Waals surface area contributed by atoms with Crippen molar-refractivity contribution in [3.05, 3.63) is 51.7 Å². The Morgan fingerprint density at radius 1 is 1.32 bits per heavy atom. The van der Waals surface area contributed by atoms with E-state index in [0.717, 1.165) is 5.56 Å². The second-order valence-corrected chi connectivity index (χ2v) is 5.04. The van der Waals surface area contributed by atoms with Crippen LogP contribution < -0.4 is 0 Å². The number of esters is 1. The highest BCUT2D eigenvalue weighted by Gasteiger charge is 2.12. The molecule has 112 valence electrons. The van der Waals surface area contributed by atoms with E-state index in [9.17, 15) is 4.79 Å². The minimum atomic E-state index is -0.683. The SMILES string of the molecule is CCOC(=O)/C(C#N)=C/c1ccc(-c2ccc(Cl)c(Cl)c2)o1. The number of halogens is 2. The Morgan fingerprint density at radius 3 is 2.73 bits per heavy atom. The van der Waals surface area contributed by atoms with Gasteiger partial charge in [-0.15, -0.1) is 0 Å². The Bertz CT molecular complexity index is 772. The van der Waals surface area contributed by atoms with Gasteiger partial charge in [-0.3, -0.25) is 0 Å². The predicted octanol–water partition coefficient (Wildman–Crippen LogP) is 4.72. The molecule has 6 heteroatoms. The highest BCUT2D eigenvalue weighted by atomic mass is 35.5.